The van der Waals surface area contributed by atoms with Gasteiger partial charge in [0.25, 0.3) is 0 Å². The molecule has 74 valence electrons. The van der Waals surface area contributed by atoms with Gasteiger partial charge >= 0.3 is 0 Å². The molecule has 0 heterocycles. The van der Waals surface area contributed by atoms with Gasteiger partial charge in [0.2, 0.25) is 0 Å². The van der Waals surface area contributed by atoms with Crippen molar-refractivity contribution in [2.24, 2.45) is 0 Å². The molecule has 0 spiro atoms. The monoisotopic (exact) mass is 210 g/mol. The number of Topliss-reactive ketones (excluding diaryl/α,β-unsaturated/α-hetero) is 1. The SMILES string of the molecule is O=C1CCCC1Sc1ccc(F)cc1. The highest BCUT2D eigenvalue weighted by Gasteiger charge is 2.24. The third-order valence-corrected chi connectivity index (χ3v) is 3.67. The molecule has 1 fully saturated rings. The molecular weight excluding hydrogens is 199 g/mol. The molecule has 0 aliphatic heterocycles. The minimum atomic E-state index is -0.230. The predicted octanol–water partition coefficient (Wildman–Crippen LogP) is 3.04. The second-order valence-corrected chi connectivity index (χ2v) is 4.70. The topological polar surface area (TPSA) is 17.1 Å². The molecule has 0 amide bonds. The average Bonchev–Trinajstić information content (AvgIpc) is 2.56. The van der Waals surface area contributed by atoms with Gasteiger partial charge in [-0.15, -0.1) is 11.8 Å². The molecule has 2 rings (SSSR count). The number of ketones is 1. The maximum absolute atomic E-state index is 12.6. The quantitative estimate of drug-likeness (QED) is 0.746. The smallest absolute Gasteiger partial charge is 0.146 e. The number of carbonyl (C=O) groups is 1. The summed E-state index contributed by atoms with van der Waals surface area (Å²) < 4.78 is 12.6. The minimum Gasteiger partial charge on any atom is -0.298 e. The molecular formula is C11H11FOS. The van der Waals surface area contributed by atoms with Crippen molar-refractivity contribution in [1.82, 2.24) is 0 Å². The first-order valence-corrected chi connectivity index (χ1v) is 5.58. The lowest BCUT2D eigenvalue weighted by Gasteiger charge is -2.06. The fraction of sp³-hybridized carbons (Fsp3) is 0.364. The van der Waals surface area contributed by atoms with Gasteiger partial charge in [0, 0.05) is 11.3 Å². The first kappa shape index (κ1) is 9.71. The van der Waals surface area contributed by atoms with Crippen molar-refractivity contribution >= 4 is 17.5 Å². The lowest BCUT2D eigenvalue weighted by Crippen LogP contribution is -2.07. The average molecular weight is 210 g/mol. The van der Waals surface area contributed by atoms with Crippen molar-refractivity contribution in [2.75, 3.05) is 0 Å². The Kier molecular flexibility index (Phi) is 2.87. The molecule has 1 nitrogen and oxygen atoms in total. The summed E-state index contributed by atoms with van der Waals surface area (Å²) in [6.45, 7) is 0. The van der Waals surface area contributed by atoms with Crippen LogP contribution in [0.3, 0.4) is 0 Å². The Balaban J connectivity index is 2.03. The molecule has 0 saturated heterocycles. The second kappa shape index (κ2) is 4.13. The van der Waals surface area contributed by atoms with Crippen molar-refractivity contribution in [3.8, 4) is 0 Å². The molecule has 1 aliphatic carbocycles. The molecule has 1 saturated carbocycles. The highest BCUT2D eigenvalue weighted by Crippen LogP contribution is 2.32. The van der Waals surface area contributed by atoms with Gasteiger partial charge in [-0.05, 0) is 37.1 Å². The van der Waals surface area contributed by atoms with Crippen molar-refractivity contribution < 1.29 is 9.18 Å². The van der Waals surface area contributed by atoms with Crippen LogP contribution in [0, 0.1) is 5.82 Å². The molecule has 1 aromatic carbocycles. The van der Waals surface area contributed by atoms with Gasteiger partial charge in [0.05, 0.1) is 5.25 Å². The van der Waals surface area contributed by atoms with E-state index < -0.39 is 0 Å². The Labute approximate surface area is 86.7 Å². The zero-order valence-electron chi connectivity index (χ0n) is 7.70. The van der Waals surface area contributed by atoms with Crippen molar-refractivity contribution in [2.45, 2.75) is 29.4 Å². The maximum atomic E-state index is 12.6. The van der Waals surface area contributed by atoms with E-state index in [9.17, 15) is 9.18 Å². The summed E-state index contributed by atoms with van der Waals surface area (Å²) in [6, 6.07) is 6.32. The van der Waals surface area contributed by atoms with Crippen LogP contribution in [0.5, 0.6) is 0 Å². The summed E-state index contributed by atoms with van der Waals surface area (Å²) in [5.41, 5.74) is 0. The standard InChI is InChI=1S/C11H11FOS/c12-8-4-6-9(7-5-8)14-11-3-1-2-10(11)13/h4-7,11H,1-3H2. The predicted molar refractivity (Wildman–Crippen MR) is 54.9 cm³/mol. The van der Waals surface area contributed by atoms with Crippen molar-refractivity contribution in [3.05, 3.63) is 30.1 Å². The van der Waals surface area contributed by atoms with E-state index in [2.05, 4.69) is 0 Å². The Hall–Kier alpha value is -0.830. The lowest BCUT2D eigenvalue weighted by molar-refractivity contribution is -0.116. The molecule has 1 aliphatic rings. The normalized spacial score (nSPS) is 21.5. The van der Waals surface area contributed by atoms with Gasteiger partial charge in [-0.25, -0.2) is 4.39 Å². The van der Waals surface area contributed by atoms with Crippen LogP contribution >= 0.6 is 11.8 Å². The Morgan fingerprint density at radius 2 is 2.00 bits per heavy atom. The highest BCUT2D eigenvalue weighted by atomic mass is 32.2. The van der Waals surface area contributed by atoms with Gasteiger partial charge in [0.1, 0.15) is 11.6 Å². The molecule has 1 aromatic rings. The number of rotatable bonds is 2. The Morgan fingerprint density at radius 3 is 2.57 bits per heavy atom. The second-order valence-electron chi connectivity index (χ2n) is 3.42. The molecule has 0 aromatic heterocycles. The molecule has 0 bridgehead atoms. The van der Waals surface area contributed by atoms with Crippen LogP contribution in [-0.2, 0) is 4.79 Å². The zero-order valence-corrected chi connectivity index (χ0v) is 8.52. The summed E-state index contributed by atoms with van der Waals surface area (Å²) in [6.07, 6.45) is 2.66. The molecule has 1 unspecified atom stereocenters. The largest absolute Gasteiger partial charge is 0.298 e. The number of hydrogen-bond donors (Lipinski definition) is 0. The van der Waals surface area contributed by atoms with E-state index in [-0.39, 0.29) is 11.1 Å². The van der Waals surface area contributed by atoms with Crippen LogP contribution in [0.25, 0.3) is 0 Å². The zero-order chi connectivity index (χ0) is 9.97. The van der Waals surface area contributed by atoms with Gasteiger partial charge in [0.15, 0.2) is 0 Å². The molecule has 1 atom stereocenters. The van der Waals surface area contributed by atoms with E-state index in [0.29, 0.717) is 12.2 Å². The number of thioether (sulfide) groups is 1. The van der Waals surface area contributed by atoms with E-state index >= 15 is 0 Å². The van der Waals surface area contributed by atoms with Crippen LogP contribution in [0.1, 0.15) is 19.3 Å². The van der Waals surface area contributed by atoms with Gasteiger partial charge < -0.3 is 0 Å². The first-order valence-electron chi connectivity index (χ1n) is 4.70. The summed E-state index contributed by atoms with van der Waals surface area (Å²) in [4.78, 5) is 12.3. The lowest BCUT2D eigenvalue weighted by atomic mass is 10.3. The van der Waals surface area contributed by atoms with Gasteiger partial charge in [-0.2, -0.15) is 0 Å². The molecule has 0 N–H and O–H groups in total. The van der Waals surface area contributed by atoms with Crippen molar-refractivity contribution in [1.29, 1.82) is 0 Å². The van der Waals surface area contributed by atoms with E-state index in [1.807, 2.05) is 0 Å². The number of carbonyl (C=O) groups excluding carboxylic acids is 1. The summed E-state index contributed by atoms with van der Waals surface area (Å²) in [5.74, 6) is 0.103. The third-order valence-electron chi connectivity index (χ3n) is 2.34. The number of benzene rings is 1. The van der Waals surface area contributed by atoms with Crippen LogP contribution in [0.4, 0.5) is 4.39 Å². The first-order chi connectivity index (χ1) is 6.75. The van der Waals surface area contributed by atoms with Crippen LogP contribution in [0.2, 0.25) is 0 Å². The van der Waals surface area contributed by atoms with Crippen LogP contribution < -0.4 is 0 Å². The highest BCUT2D eigenvalue weighted by molar-refractivity contribution is 8.00. The molecule has 3 heteroatoms. The van der Waals surface area contributed by atoms with Gasteiger partial charge in [-0.1, -0.05) is 0 Å². The summed E-state index contributed by atoms with van der Waals surface area (Å²) in [7, 11) is 0. The fourth-order valence-electron chi connectivity index (χ4n) is 1.59. The number of hydrogen-bond acceptors (Lipinski definition) is 2. The maximum Gasteiger partial charge on any atom is 0.146 e. The van der Waals surface area contributed by atoms with E-state index in [1.54, 1.807) is 23.9 Å². The van der Waals surface area contributed by atoms with Crippen LogP contribution in [-0.4, -0.2) is 11.0 Å². The van der Waals surface area contributed by atoms with Gasteiger partial charge in [-0.3, -0.25) is 4.79 Å². The molecule has 0 radical (unpaired) electrons. The van der Waals surface area contributed by atoms with Crippen molar-refractivity contribution in [3.63, 3.8) is 0 Å². The Morgan fingerprint density at radius 1 is 1.29 bits per heavy atom. The molecule has 14 heavy (non-hydrogen) atoms. The minimum absolute atomic E-state index is 0.0976. The van der Waals surface area contributed by atoms with Crippen LogP contribution in [0.15, 0.2) is 29.2 Å². The van der Waals surface area contributed by atoms with E-state index in [0.717, 1.165) is 17.7 Å². The fourth-order valence-corrected chi connectivity index (χ4v) is 2.74. The number of halogens is 1. The van der Waals surface area contributed by atoms with E-state index in [4.69, 9.17) is 0 Å². The summed E-state index contributed by atoms with van der Waals surface area (Å²) in [5, 5.41) is 0.0976. The van der Waals surface area contributed by atoms with E-state index in [1.165, 1.54) is 12.1 Å². The summed E-state index contributed by atoms with van der Waals surface area (Å²) >= 11 is 1.55. The third kappa shape index (κ3) is 2.15. The Bertz CT molecular complexity index is 334.